The summed E-state index contributed by atoms with van der Waals surface area (Å²) in [6, 6.07) is 12.8. The Morgan fingerprint density at radius 2 is 2.05 bits per heavy atom. The molecular weight excluding hydrogens is 290 g/mol. The molecule has 0 aliphatic rings. The highest BCUT2D eigenvalue weighted by molar-refractivity contribution is 6.30. The Balaban J connectivity index is 2.25. The number of oxime groups is 1. The van der Waals surface area contributed by atoms with Crippen molar-refractivity contribution in [1.29, 1.82) is 0 Å². The van der Waals surface area contributed by atoms with Crippen LogP contribution in [0.15, 0.2) is 47.6 Å². The van der Waals surface area contributed by atoms with E-state index in [1.54, 1.807) is 32.2 Å². The molecule has 0 spiro atoms. The van der Waals surface area contributed by atoms with Crippen LogP contribution in [0.3, 0.4) is 0 Å². The Kier molecular flexibility index (Phi) is 5.06. The second kappa shape index (κ2) is 6.99. The molecule has 0 aliphatic heterocycles. The van der Waals surface area contributed by atoms with Gasteiger partial charge in [0.15, 0.2) is 0 Å². The number of benzene rings is 2. The lowest BCUT2D eigenvalue weighted by atomic mass is 10.1. The van der Waals surface area contributed by atoms with Gasteiger partial charge in [0.25, 0.3) is 0 Å². The Morgan fingerprint density at radius 1 is 1.24 bits per heavy atom. The molecule has 0 heterocycles. The second-order valence-corrected chi connectivity index (χ2v) is 4.90. The van der Waals surface area contributed by atoms with Gasteiger partial charge in [-0.05, 0) is 36.8 Å². The molecule has 0 saturated heterocycles. The van der Waals surface area contributed by atoms with E-state index in [1.165, 1.54) is 0 Å². The Hall–Kier alpha value is -2.20. The van der Waals surface area contributed by atoms with Crippen molar-refractivity contribution in [3.63, 3.8) is 0 Å². The first kappa shape index (κ1) is 15.2. The zero-order valence-corrected chi connectivity index (χ0v) is 12.6. The van der Waals surface area contributed by atoms with Crippen LogP contribution < -0.4 is 9.47 Å². The summed E-state index contributed by atoms with van der Waals surface area (Å²) >= 11 is 5.95. The van der Waals surface area contributed by atoms with Crippen LogP contribution in [0.25, 0.3) is 0 Å². The number of halogens is 1. The molecule has 2 rings (SSSR count). The standard InChI is InChI=1S/C16H16ClNO3/c1-11(18-19)15-7-6-14(20-2)9-16(15)21-10-12-4-3-5-13(17)8-12/h3-9,19H,10H2,1-2H3/b18-11+. The molecule has 0 aliphatic carbocycles. The molecule has 1 N–H and O–H groups in total. The van der Waals surface area contributed by atoms with Gasteiger partial charge in [-0.1, -0.05) is 28.9 Å². The maximum absolute atomic E-state index is 8.94. The van der Waals surface area contributed by atoms with Crippen molar-refractivity contribution in [2.24, 2.45) is 5.16 Å². The number of nitrogens with zero attached hydrogens (tertiary/aromatic N) is 1. The SMILES string of the molecule is COc1ccc(/C(C)=N/O)c(OCc2cccc(Cl)c2)c1. The van der Waals surface area contributed by atoms with E-state index < -0.39 is 0 Å². The van der Waals surface area contributed by atoms with Gasteiger partial charge in [0.1, 0.15) is 18.1 Å². The monoisotopic (exact) mass is 305 g/mol. The molecule has 110 valence electrons. The summed E-state index contributed by atoms with van der Waals surface area (Å²) in [7, 11) is 1.59. The molecule has 0 amide bonds. The van der Waals surface area contributed by atoms with Gasteiger partial charge in [-0.2, -0.15) is 0 Å². The first-order valence-corrected chi connectivity index (χ1v) is 6.76. The number of ether oxygens (including phenoxy) is 2. The average Bonchev–Trinajstić information content (AvgIpc) is 2.52. The molecular formula is C16H16ClNO3. The summed E-state index contributed by atoms with van der Waals surface area (Å²) in [5.74, 6) is 1.26. The molecule has 5 heteroatoms. The minimum Gasteiger partial charge on any atom is -0.497 e. The Bertz CT molecular complexity index is 656. The van der Waals surface area contributed by atoms with Crippen LogP contribution in [0.1, 0.15) is 18.1 Å². The van der Waals surface area contributed by atoms with Crippen molar-refractivity contribution in [2.75, 3.05) is 7.11 Å². The van der Waals surface area contributed by atoms with Crippen LogP contribution in [0.4, 0.5) is 0 Å². The summed E-state index contributed by atoms with van der Waals surface area (Å²) < 4.78 is 11.0. The smallest absolute Gasteiger partial charge is 0.132 e. The lowest BCUT2D eigenvalue weighted by molar-refractivity contribution is 0.301. The van der Waals surface area contributed by atoms with E-state index in [0.717, 1.165) is 5.56 Å². The van der Waals surface area contributed by atoms with E-state index in [1.807, 2.05) is 24.3 Å². The van der Waals surface area contributed by atoms with Crippen molar-refractivity contribution in [2.45, 2.75) is 13.5 Å². The van der Waals surface area contributed by atoms with Crippen LogP contribution in [-0.4, -0.2) is 18.0 Å². The highest BCUT2D eigenvalue weighted by Gasteiger charge is 2.09. The third-order valence-electron chi connectivity index (χ3n) is 3.01. The van der Waals surface area contributed by atoms with E-state index >= 15 is 0 Å². The first-order valence-electron chi connectivity index (χ1n) is 6.38. The zero-order valence-electron chi connectivity index (χ0n) is 11.8. The molecule has 0 fully saturated rings. The fourth-order valence-corrected chi connectivity index (χ4v) is 2.10. The van der Waals surface area contributed by atoms with Crippen molar-refractivity contribution in [3.05, 3.63) is 58.6 Å². The zero-order chi connectivity index (χ0) is 15.2. The van der Waals surface area contributed by atoms with E-state index in [2.05, 4.69) is 5.16 Å². The van der Waals surface area contributed by atoms with Gasteiger partial charge in [-0.15, -0.1) is 0 Å². The normalized spacial score (nSPS) is 11.3. The van der Waals surface area contributed by atoms with E-state index in [0.29, 0.717) is 34.4 Å². The fraction of sp³-hybridized carbons (Fsp3) is 0.188. The molecule has 21 heavy (non-hydrogen) atoms. The predicted molar refractivity (Wildman–Crippen MR) is 82.8 cm³/mol. The highest BCUT2D eigenvalue weighted by atomic mass is 35.5. The van der Waals surface area contributed by atoms with Gasteiger partial charge in [-0.3, -0.25) is 0 Å². The van der Waals surface area contributed by atoms with Gasteiger partial charge >= 0.3 is 0 Å². The van der Waals surface area contributed by atoms with Gasteiger partial charge in [0, 0.05) is 16.7 Å². The lowest BCUT2D eigenvalue weighted by Gasteiger charge is -2.12. The quantitative estimate of drug-likeness (QED) is 0.513. The van der Waals surface area contributed by atoms with Crippen LogP contribution >= 0.6 is 11.6 Å². The summed E-state index contributed by atoms with van der Waals surface area (Å²) in [6.07, 6.45) is 0. The molecule has 2 aromatic carbocycles. The molecule has 0 atom stereocenters. The van der Waals surface area contributed by atoms with Crippen molar-refractivity contribution >= 4 is 17.3 Å². The molecule has 0 bridgehead atoms. The average molecular weight is 306 g/mol. The topological polar surface area (TPSA) is 51.0 Å². The van der Waals surface area contributed by atoms with Crippen LogP contribution in [-0.2, 0) is 6.61 Å². The summed E-state index contributed by atoms with van der Waals surface area (Å²) in [4.78, 5) is 0. The molecule has 0 saturated carbocycles. The van der Waals surface area contributed by atoms with Crippen molar-refractivity contribution in [1.82, 2.24) is 0 Å². The van der Waals surface area contributed by atoms with Crippen LogP contribution in [0, 0.1) is 0 Å². The van der Waals surface area contributed by atoms with Crippen molar-refractivity contribution < 1.29 is 14.7 Å². The Morgan fingerprint density at radius 3 is 2.71 bits per heavy atom. The van der Waals surface area contributed by atoms with E-state index in [4.69, 9.17) is 26.3 Å². The maximum atomic E-state index is 8.94. The van der Waals surface area contributed by atoms with Gasteiger partial charge in [0.2, 0.25) is 0 Å². The molecule has 0 aromatic heterocycles. The third kappa shape index (κ3) is 3.89. The van der Waals surface area contributed by atoms with Gasteiger partial charge in [0.05, 0.1) is 12.8 Å². The summed E-state index contributed by atoms with van der Waals surface area (Å²) in [6.45, 7) is 2.06. The van der Waals surface area contributed by atoms with Crippen molar-refractivity contribution in [3.8, 4) is 11.5 Å². The predicted octanol–water partition coefficient (Wildman–Crippen LogP) is 4.13. The Labute approximate surface area is 128 Å². The number of hydrogen-bond donors (Lipinski definition) is 1. The fourth-order valence-electron chi connectivity index (χ4n) is 1.89. The summed E-state index contributed by atoms with van der Waals surface area (Å²) in [5.41, 5.74) is 2.13. The van der Waals surface area contributed by atoms with Crippen LogP contribution in [0.5, 0.6) is 11.5 Å². The molecule has 2 aromatic rings. The summed E-state index contributed by atoms with van der Waals surface area (Å²) in [5, 5.41) is 12.8. The van der Waals surface area contributed by atoms with Gasteiger partial charge in [-0.25, -0.2) is 0 Å². The molecule has 0 radical (unpaired) electrons. The van der Waals surface area contributed by atoms with Gasteiger partial charge < -0.3 is 14.7 Å². The third-order valence-corrected chi connectivity index (χ3v) is 3.25. The molecule has 4 nitrogen and oxygen atoms in total. The number of rotatable bonds is 5. The van der Waals surface area contributed by atoms with E-state index in [-0.39, 0.29) is 0 Å². The second-order valence-electron chi connectivity index (χ2n) is 4.47. The number of methoxy groups -OCH3 is 1. The van der Waals surface area contributed by atoms with Crippen LogP contribution in [0.2, 0.25) is 5.02 Å². The lowest BCUT2D eigenvalue weighted by Crippen LogP contribution is -2.03. The first-order chi connectivity index (χ1) is 10.1. The maximum Gasteiger partial charge on any atom is 0.132 e. The number of hydrogen-bond acceptors (Lipinski definition) is 4. The largest absolute Gasteiger partial charge is 0.497 e. The molecule has 0 unspecified atom stereocenters. The minimum atomic E-state index is 0.361. The van der Waals surface area contributed by atoms with E-state index in [9.17, 15) is 0 Å². The minimum absolute atomic E-state index is 0.361. The highest BCUT2D eigenvalue weighted by Crippen LogP contribution is 2.26.